The van der Waals surface area contributed by atoms with Crippen molar-refractivity contribution < 1.29 is 0 Å². The zero-order valence-corrected chi connectivity index (χ0v) is 8.38. The molecule has 1 atom stereocenters. The monoisotopic (exact) mass is 181 g/mol. The smallest absolute Gasteiger partial charge is 0.0318 e. The summed E-state index contributed by atoms with van der Waals surface area (Å²) >= 11 is 4.21. The van der Waals surface area contributed by atoms with Crippen molar-refractivity contribution in [2.24, 2.45) is 11.7 Å². The molecule has 2 heteroatoms. The molecule has 0 bridgehead atoms. The van der Waals surface area contributed by atoms with Gasteiger partial charge in [0.2, 0.25) is 0 Å². The molecule has 0 fully saturated rings. The van der Waals surface area contributed by atoms with E-state index >= 15 is 0 Å². The molecule has 1 unspecified atom stereocenters. The lowest BCUT2D eigenvalue weighted by Crippen LogP contribution is -2.16. The molecule has 0 aliphatic heterocycles. The normalized spacial score (nSPS) is 13.4. The number of rotatable bonds is 2. The largest absolute Gasteiger partial charge is 0.324 e. The average molecular weight is 181 g/mol. The maximum absolute atomic E-state index is 5.96. The predicted octanol–water partition coefficient (Wildman–Crippen LogP) is 2.63. The van der Waals surface area contributed by atoms with Crippen molar-refractivity contribution in [1.29, 1.82) is 0 Å². The first-order chi connectivity index (χ1) is 5.61. The molecule has 2 N–H and O–H groups in total. The molecular weight excluding hydrogens is 166 g/mol. The van der Waals surface area contributed by atoms with Gasteiger partial charge in [0, 0.05) is 10.9 Å². The second-order valence-electron chi connectivity index (χ2n) is 3.36. The van der Waals surface area contributed by atoms with Gasteiger partial charge in [0.05, 0.1) is 0 Å². The summed E-state index contributed by atoms with van der Waals surface area (Å²) in [5.41, 5.74) is 7.15. The zero-order chi connectivity index (χ0) is 9.14. The van der Waals surface area contributed by atoms with Crippen molar-refractivity contribution in [1.82, 2.24) is 0 Å². The van der Waals surface area contributed by atoms with Gasteiger partial charge in [-0.3, -0.25) is 0 Å². The number of nitrogens with two attached hydrogens (primary N) is 1. The first kappa shape index (κ1) is 9.62. The molecule has 0 saturated heterocycles. The van der Waals surface area contributed by atoms with E-state index in [0.29, 0.717) is 5.92 Å². The Labute approximate surface area is 79.4 Å². The second kappa shape index (κ2) is 3.97. The van der Waals surface area contributed by atoms with E-state index in [0.717, 1.165) is 4.90 Å². The summed E-state index contributed by atoms with van der Waals surface area (Å²) in [5.74, 6) is 0.482. The van der Waals surface area contributed by atoms with Crippen LogP contribution in [0.2, 0.25) is 0 Å². The lowest BCUT2D eigenvalue weighted by atomic mass is 9.97. The lowest BCUT2D eigenvalue weighted by Gasteiger charge is -2.15. The predicted molar refractivity (Wildman–Crippen MR) is 55.5 cm³/mol. The Balaban J connectivity index is 2.82. The van der Waals surface area contributed by atoms with Crippen LogP contribution >= 0.6 is 12.6 Å². The molecule has 1 aromatic rings. The van der Waals surface area contributed by atoms with E-state index in [-0.39, 0.29) is 6.04 Å². The van der Waals surface area contributed by atoms with Gasteiger partial charge in [-0.15, -0.1) is 12.6 Å². The Hall–Kier alpha value is -0.470. The van der Waals surface area contributed by atoms with Crippen LogP contribution in [0.5, 0.6) is 0 Å². The maximum Gasteiger partial charge on any atom is 0.0318 e. The summed E-state index contributed by atoms with van der Waals surface area (Å²) < 4.78 is 0. The topological polar surface area (TPSA) is 26.0 Å². The fraction of sp³-hybridized carbons (Fsp3) is 0.400. The van der Waals surface area contributed by atoms with E-state index in [4.69, 9.17) is 5.73 Å². The molecule has 0 saturated carbocycles. The van der Waals surface area contributed by atoms with Gasteiger partial charge in [0.15, 0.2) is 0 Å². The molecule has 1 rings (SSSR count). The van der Waals surface area contributed by atoms with Crippen LogP contribution in [0, 0.1) is 5.92 Å². The van der Waals surface area contributed by atoms with Crippen LogP contribution in [0.15, 0.2) is 29.2 Å². The first-order valence-corrected chi connectivity index (χ1v) is 4.60. The number of thiol groups is 1. The van der Waals surface area contributed by atoms with Crippen LogP contribution < -0.4 is 5.73 Å². The SMILES string of the molecule is CC(C)C(N)c1ccc(S)cc1. The van der Waals surface area contributed by atoms with Crippen molar-refractivity contribution in [2.45, 2.75) is 24.8 Å². The Kier molecular flexibility index (Phi) is 3.18. The summed E-state index contributed by atoms with van der Waals surface area (Å²) in [5, 5.41) is 0. The highest BCUT2D eigenvalue weighted by Crippen LogP contribution is 2.19. The Morgan fingerprint density at radius 3 is 2.08 bits per heavy atom. The van der Waals surface area contributed by atoms with Crippen LogP contribution in [0.1, 0.15) is 25.5 Å². The molecular formula is C10H15NS. The zero-order valence-electron chi connectivity index (χ0n) is 7.49. The van der Waals surface area contributed by atoms with Crippen molar-refractivity contribution in [3.63, 3.8) is 0 Å². The van der Waals surface area contributed by atoms with Crippen molar-refractivity contribution in [2.75, 3.05) is 0 Å². The molecule has 0 aliphatic rings. The summed E-state index contributed by atoms with van der Waals surface area (Å²) in [6.07, 6.45) is 0. The average Bonchev–Trinajstić information content (AvgIpc) is 2.04. The van der Waals surface area contributed by atoms with E-state index in [1.54, 1.807) is 0 Å². The third-order valence-electron chi connectivity index (χ3n) is 2.00. The standard InChI is InChI=1S/C10H15NS/c1-7(2)10(11)8-3-5-9(12)6-4-8/h3-7,10,12H,11H2,1-2H3. The number of benzene rings is 1. The fourth-order valence-corrected chi connectivity index (χ4v) is 1.23. The van der Waals surface area contributed by atoms with Gasteiger partial charge in [0.25, 0.3) is 0 Å². The summed E-state index contributed by atoms with van der Waals surface area (Å²) in [7, 11) is 0. The molecule has 0 aromatic heterocycles. The van der Waals surface area contributed by atoms with E-state index in [9.17, 15) is 0 Å². The van der Waals surface area contributed by atoms with Gasteiger partial charge in [-0.1, -0.05) is 26.0 Å². The highest BCUT2D eigenvalue weighted by Gasteiger charge is 2.08. The van der Waals surface area contributed by atoms with E-state index in [2.05, 4.69) is 26.5 Å². The van der Waals surface area contributed by atoms with E-state index in [1.807, 2.05) is 24.3 Å². The maximum atomic E-state index is 5.96. The van der Waals surface area contributed by atoms with Crippen LogP contribution in [-0.2, 0) is 0 Å². The van der Waals surface area contributed by atoms with E-state index in [1.165, 1.54) is 5.56 Å². The van der Waals surface area contributed by atoms with Crippen LogP contribution in [-0.4, -0.2) is 0 Å². The van der Waals surface area contributed by atoms with Gasteiger partial charge >= 0.3 is 0 Å². The highest BCUT2D eigenvalue weighted by molar-refractivity contribution is 7.80. The van der Waals surface area contributed by atoms with Gasteiger partial charge in [0.1, 0.15) is 0 Å². The van der Waals surface area contributed by atoms with E-state index < -0.39 is 0 Å². The quantitative estimate of drug-likeness (QED) is 0.674. The minimum atomic E-state index is 0.138. The van der Waals surface area contributed by atoms with Crippen LogP contribution in [0.25, 0.3) is 0 Å². The molecule has 0 spiro atoms. The fourth-order valence-electron chi connectivity index (χ4n) is 1.08. The first-order valence-electron chi connectivity index (χ1n) is 4.16. The molecule has 0 heterocycles. The van der Waals surface area contributed by atoms with Crippen molar-refractivity contribution in [3.05, 3.63) is 29.8 Å². The number of hydrogen-bond donors (Lipinski definition) is 2. The summed E-state index contributed by atoms with van der Waals surface area (Å²) in [4.78, 5) is 0.981. The molecule has 0 amide bonds. The van der Waals surface area contributed by atoms with Crippen LogP contribution in [0.4, 0.5) is 0 Å². The molecule has 1 nitrogen and oxygen atoms in total. The molecule has 0 radical (unpaired) electrons. The third-order valence-corrected chi connectivity index (χ3v) is 2.29. The highest BCUT2D eigenvalue weighted by atomic mass is 32.1. The van der Waals surface area contributed by atoms with Crippen molar-refractivity contribution >= 4 is 12.6 Å². The number of hydrogen-bond acceptors (Lipinski definition) is 2. The second-order valence-corrected chi connectivity index (χ2v) is 3.88. The molecule has 1 aromatic carbocycles. The minimum absolute atomic E-state index is 0.138. The summed E-state index contributed by atoms with van der Waals surface area (Å²) in [6, 6.07) is 8.15. The Morgan fingerprint density at radius 1 is 1.17 bits per heavy atom. The van der Waals surface area contributed by atoms with Gasteiger partial charge in [-0.2, -0.15) is 0 Å². The van der Waals surface area contributed by atoms with Crippen molar-refractivity contribution in [3.8, 4) is 0 Å². The van der Waals surface area contributed by atoms with Gasteiger partial charge in [-0.05, 0) is 23.6 Å². The lowest BCUT2D eigenvalue weighted by molar-refractivity contribution is 0.514. The molecule has 66 valence electrons. The minimum Gasteiger partial charge on any atom is -0.324 e. The van der Waals surface area contributed by atoms with Gasteiger partial charge in [-0.25, -0.2) is 0 Å². The van der Waals surface area contributed by atoms with Gasteiger partial charge < -0.3 is 5.73 Å². The Morgan fingerprint density at radius 2 is 1.67 bits per heavy atom. The van der Waals surface area contributed by atoms with Crippen LogP contribution in [0.3, 0.4) is 0 Å². The third kappa shape index (κ3) is 2.26. The summed E-state index contributed by atoms with van der Waals surface area (Å²) in [6.45, 7) is 4.25. The molecule has 0 aliphatic carbocycles. The molecule has 12 heavy (non-hydrogen) atoms. The Bertz CT molecular complexity index is 241.